The van der Waals surface area contributed by atoms with Gasteiger partial charge >= 0.3 is 0 Å². The second-order valence-electron chi connectivity index (χ2n) is 7.26. The number of benzene rings is 1. The molecule has 2 N–H and O–H groups in total. The summed E-state index contributed by atoms with van der Waals surface area (Å²) in [5.74, 6) is 2.49. The lowest BCUT2D eigenvalue weighted by molar-refractivity contribution is 0.187. The van der Waals surface area contributed by atoms with Crippen molar-refractivity contribution in [1.82, 2.24) is 15.5 Å². The summed E-state index contributed by atoms with van der Waals surface area (Å²) < 4.78 is 6.49. The van der Waals surface area contributed by atoms with E-state index in [0.717, 1.165) is 60.1 Å². The standard InChI is InChI=1S/C20H33BrN4O.HI/c1-5-22-20(23-13-16-12-17(21)6-7-19(16)26-4)24-18-8-10-25(11-9-18)14-15(2)3;/h6-7,12,15,18H,5,8-11,13-14H2,1-4H3,(H2,22,23,24);1H. The van der Waals surface area contributed by atoms with E-state index < -0.39 is 0 Å². The average molecular weight is 553 g/mol. The van der Waals surface area contributed by atoms with Crippen LogP contribution in [0.5, 0.6) is 5.75 Å². The molecule has 0 aromatic heterocycles. The number of piperidine rings is 1. The molecule has 1 aliphatic rings. The van der Waals surface area contributed by atoms with Gasteiger partial charge in [-0.2, -0.15) is 0 Å². The number of hydrogen-bond acceptors (Lipinski definition) is 3. The molecule has 0 saturated carbocycles. The molecule has 0 unspecified atom stereocenters. The monoisotopic (exact) mass is 552 g/mol. The number of rotatable bonds is 7. The van der Waals surface area contributed by atoms with Crippen molar-refractivity contribution in [3.05, 3.63) is 28.2 Å². The molecule has 1 aliphatic heterocycles. The van der Waals surface area contributed by atoms with E-state index in [9.17, 15) is 0 Å². The van der Waals surface area contributed by atoms with Gasteiger partial charge in [-0.25, -0.2) is 4.99 Å². The van der Waals surface area contributed by atoms with E-state index in [1.807, 2.05) is 12.1 Å². The van der Waals surface area contributed by atoms with Gasteiger partial charge in [0.15, 0.2) is 5.96 Å². The Hall–Kier alpha value is -0.540. The molecule has 0 radical (unpaired) electrons. The quantitative estimate of drug-likeness (QED) is 0.301. The van der Waals surface area contributed by atoms with Crippen LogP contribution in [-0.4, -0.2) is 50.2 Å². The van der Waals surface area contributed by atoms with Crippen molar-refractivity contribution in [2.45, 2.75) is 46.2 Å². The first-order chi connectivity index (χ1) is 12.5. The third kappa shape index (κ3) is 8.56. The molecule has 0 aliphatic carbocycles. The summed E-state index contributed by atoms with van der Waals surface area (Å²) >= 11 is 3.53. The van der Waals surface area contributed by atoms with Gasteiger partial charge in [0.05, 0.1) is 13.7 Å². The van der Waals surface area contributed by atoms with E-state index in [4.69, 9.17) is 9.73 Å². The number of ether oxygens (including phenoxy) is 1. The van der Waals surface area contributed by atoms with Gasteiger partial charge in [0.2, 0.25) is 0 Å². The lowest BCUT2D eigenvalue weighted by Gasteiger charge is -2.34. The fraction of sp³-hybridized carbons (Fsp3) is 0.650. The highest BCUT2D eigenvalue weighted by atomic mass is 127. The highest BCUT2D eigenvalue weighted by molar-refractivity contribution is 14.0. The number of aliphatic imine (C=N–C) groups is 1. The molecule has 0 spiro atoms. The number of halogens is 2. The van der Waals surface area contributed by atoms with E-state index in [1.165, 1.54) is 6.54 Å². The molecule has 1 heterocycles. The van der Waals surface area contributed by atoms with E-state index in [1.54, 1.807) is 7.11 Å². The van der Waals surface area contributed by atoms with Crippen LogP contribution in [0, 0.1) is 5.92 Å². The molecule has 0 amide bonds. The molecule has 154 valence electrons. The van der Waals surface area contributed by atoms with Crippen LogP contribution < -0.4 is 15.4 Å². The van der Waals surface area contributed by atoms with Gasteiger partial charge in [-0.05, 0) is 43.9 Å². The molecule has 5 nitrogen and oxygen atoms in total. The van der Waals surface area contributed by atoms with Gasteiger partial charge in [-0.15, -0.1) is 24.0 Å². The zero-order chi connectivity index (χ0) is 18.9. The molecule has 7 heteroatoms. The van der Waals surface area contributed by atoms with Crippen LogP contribution in [0.15, 0.2) is 27.7 Å². The highest BCUT2D eigenvalue weighted by Crippen LogP contribution is 2.23. The Kier molecular flexibility index (Phi) is 11.6. The summed E-state index contributed by atoms with van der Waals surface area (Å²) in [5.41, 5.74) is 1.07. The lowest BCUT2D eigenvalue weighted by atomic mass is 10.0. The van der Waals surface area contributed by atoms with E-state index >= 15 is 0 Å². The highest BCUT2D eigenvalue weighted by Gasteiger charge is 2.20. The van der Waals surface area contributed by atoms with Crippen LogP contribution in [0.1, 0.15) is 39.2 Å². The number of hydrogen-bond donors (Lipinski definition) is 2. The Morgan fingerprint density at radius 2 is 2.04 bits per heavy atom. The van der Waals surface area contributed by atoms with Crippen molar-refractivity contribution in [3.63, 3.8) is 0 Å². The number of methoxy groups -OCH3 is 1. The average Bonchev–Trinajstić information content (AvgIpc) is 2.61. The first-order valence-electron chi connectivity index (χ1n) is 9.61. The van der Waals surface area contributed by atoms with E-state index in [2.05, 4.69) is 58.3 Å². The van der Waals surface area contributed by atoms with Gasteiger partial charge in [0.1, 0.15) is 5.75 Å². The van der Waals surface area contributed by atoms with Gasteiger partial charge in [-0.1, -0.05) is 29.8 Å². The fourth-order valence-corrected chi connectivity index (χ4v) is 3.73. The van der Waals surface area contributed by atoms with Gasteiger partial charge in [0.25, 0.3) is 0 Å². The molecule has 1 aromatic carbocycles. The Balaban J connectivity index is 0.00000364. The van der Waals surface area contributed by atoms with Gasteiger partial charge in [-0.3, -0.25) is 0 Å². The number of nitrogens with zero attached hydrogens (tertiary/aromatic N) is 2. The molecule has 0 atom stereocenters. The van der Waals surface area contributed by atoms with Crippen molar-refractivity contribution in [3.8, 4) is 5.75 Å². The second-order valence-corrected chi connectivity index (χ2v) is 8.18. The predicted molar refractivity (Wildman–Crippen MR) is 128 cm³/mol. The van der Waals surface area contributed by atoms with Crippen LogP contribution in [0.25, 0.3) is 0 Å². The van der Waals surface area contributed by atoms with Crippen molar-refractivity contribution in [1.29, 1.82) is 0 Å². The number of guanidine groups is 1. The first-order valence-corrected chi connectivity index (χ1v) is 10.4. The largest absolute Gasteiger partial charge is 0.496 e. The maximum atomic E-state index is 5.45. The summed E-state index contributed by atoms with van der Waals surface area (Å²) in [5, 5.41) is 6.98. The van der Waals surface area contributed by atoms with Crippen LogP contribution in [0.4, 0.5) is 0 Å². The molecular formula is C20H34BrIN4O. The van der Waals surface area contributed by atoms with Crippen molar-refractivity contribution in [2.75, 3.05) is 33.3 Å². The smallest absolute Gasteiger partial charge is 0.191 e. The topological polar surface area (TPSA) is 48.9 Å². The van der Waals surface area contributed by atoms with Crippen molar-refractivity contribution >= 4 is 45.9 Å². The third-order valence-corrected chi connectivity index (χ3v) is 5.04. The normalized spacial score (nSPS) is 16.1. The van der Waals surface area contributed by atoms with Gasteiger partial charge < -0.3 is 20.3 Å². The predicted octanol–water partition coefficient (Wildman–Crippen LogP) is 4.25. The molecular weight excluding hydrogens is 519 g/mol. The Labute approximate surface area is 189 Å². The summed E-state index contributed by atoms with van der Waals surface area (Å²) in [6, 6.07) is 6.51. The minimum atomic E-state index is 0. The fourth-order valence-electron chi connectivity index (χ4n) is 3.32. The van der Waals surface area contributed by atoms with Crippen molar-refractivity contribution in [2.24, 2.45) is 10.9 Å². The molecule has 0 bridgehead atoms. The second kappa shape index (κ2) is 12.8. The maximum absolute atomic E-state index is 5.45. The molecule has 2 rings (SSSR count). The number of likely N-dealkylation sites (tertiary alicyclic amines) is 1. The molecule has 1 aromatic rings. The Morgan fingerprint density at radius 1 is 1.33 bits per heavy atom. The summed E-state index contributed by atoms with van der Waals surface area (Å²) in [6.07, 6.45) is 2.33. The Bertz CT molecular complexity index is 589. The van der Waals surface area contributed by atoms with Crippen molar-refractivity contribution < 1.29 is 4.74 Å². The minimum absolute atomic E-state index is 0. The lowest BCUT2D eigenvalue weighted by Crippen LogP contribution is -2.49. The summed E-state index contributed by atoms with van der Waals surface area (Å²) in [4.78, 5) is 7.34. The SMILES string of the molecule is CCNC(=NCc1cc(Br)ccc1OC)NC1CCN(CC(C)C)CC1.I. The van der Waals surface area contributed by atoms with Crippen LogP contribution in [-0.2, 0) is 6.54 Å². The zero-order valence-electron chi connectivity index (χ0n) is 16.9. The number of nitrogens with one attached hydrogen (secondary N) is 2. The van der Waals surface area contributed by atoms with Crippen LogP contribution >= 0.6 is 39.9 Å². The zero-order valence-corrected chi connectivity index (χ0v) is 20.8. The molecule has 27 heavy (non-hydrogen) atoms. The maximum Gasteiger partial charge on any atom is 0.191 e. The van der Waals surface area contributed by atoms with E-state index in [-0.39, 0.29) is 24.0 Å². The summed E-state index contributed by atoms with van der Waals surface area (Å²) in [7, 11) is 1.70. The van der Waals surface area contributed by atoms with E-state index in [0.29, 0.717) is 12.6 Å². The third-order valence-electron chi connectivity index (χ3n) is 4.55. The molecule has 1 saturated heterocycles. The minimum Gasteiger partial charge on any atom is -0.496 e. The molecule has 1 fully saturated rings. The van der Waals surface area contributed by atoms with Crippen LogP contribution in [0.3, 0.4) is 0 Å². The van der Waals surface area contributed by atoms with Crippen LogP contribution in [0.2, 0.25) is 0 Å². The summed E-state index contributed by atoms with van der Waals surface area (Å²) in [6.45, 7) is 11.6. The Morgan fingerprint density at radius 3 is 2.63 bits per heavy atom. The first kappa shape index (κ1) is 24.5. The van der Waals surface area contributed by atoms with Gasteiger partial charge in [0, 0.05) is 42.3 Å².